The molecule has 1 amide bonds. The van der Waals surface area contributed by atoms with Crippen LogP contribution in [0.4, 0.5) is 0 Å². The number of methoxy groups -OCH3 is 1. The minimum Gasteiger partial charge on any atom is -0.466 e. The summed E-state index contributed by atoms with van der Waals surface area (Å²) in [5, 5.41) is 9.73. The van der Waals surface area contributed by atoms with Gasteiger partial charge in [0.1, 0.15) is 12.8 Å². The van der Waals surface area contributed by atoms with E-state index in [9.17, 15) is 19.5 Å². The first-order valence-corrected chi connectivity index (χ1v) is 5.96. The Morgan fingerprint density at radius 1 is 1.42 bits per heavy atom. The van der Waals surface area contributed by atoms with Crippen molar-refractivity contribution in [3.05, 3.63) is 12.2 Å². The van der Waals surface area contributed by atoms with Crippen LogP contribution in [-0.2, 0) is 23.9 Å². The molecule has 3 unspecified atom stereocenters. The molecule has 0 aromatic rings. The van der Waals surface area contributed by atoms with Gasteiger partial charge in [0.15, 0.2) is 0 Å². The highest BCUT2D eigenvalue weighted by Gasteiger charge is 2.58. The summed E-state index contributed by atoms with van der Waals surface area (Å²) >= 11 is 0. The highest BCUT2D eigenvalue weighted by molar-refractivity contribution is 5.91. The summed E-state index contributed by atoms with van der Waals surface area (Å²) in [6, 6.07) is 0. The first-order valence-electron chi connectivity index (χ1n) is 5.96. The molecule has 3 atom stereocenters. The van der Waals surface area contributed by atoms with E-state index < -0.39 is 18.2 Å². The second kappa shape index (κ2) is 5.40. The van der Waals surface area contributed by atoms with Gasteiger partial charge >= 0.3 is 11.9 Å². The third kappa shape index (κ3) is 2.93. The number of rotatable bonds is 5. The van der Waals surface area contributed by atoms with E-state index in [-0.39, 0.29) is 30.9 Å². The molecule has 104 valence electrons. The average Bonchev–Trinajstić information content (AvgIpc) is 3.15. The molecule has 7 nitrogen and oxygen atoms in total. The molecular formula is C12H15NO6. The van der Waals surface area contributed by atoms with E-state index in [1.807, 2.05) is 0 Å². The van der Waals surface area contributed by atoms with Crippen LogP contribution in [0.15, 0.2) is 12.2 Å². The Balaban J connectivity index is 1.69. The quantitative estimate of drug-likeness (QED) is 0.511. The summed E-state index contributed by atoms with van der Waals surface area (Å²) < 4.78 is 9.12. The van der Waals surface area contributed by atoms with Crippen LogP contribution in [0.1, 0.15) is 6.42 Å². The number of amides is 1. The van der Waals surface area contributed by atoms with Crippen LogP contribution in [0.2, 0.25) is 0 Å². The van der Waals surface area contributed by atoms with E-state index in [4.69, 9.17) is 4.74 Å². The van der Waals surface area contributed by atoms with Crippen molar-refractivity contribution >= 4 is 17.8 Å². The molecule has 1 saturated heterocycles. The van der Waals surface area contributed by atoms with Crippen molar-refractivity contribution in [2.24, 2.45) is 11.8 Å². The van der Waals surface area contributed by atoms with Gasteiger partial charge in [-0.15, -0.1) is 0 Å². The fraction of sp³-hybridized carbons (Fsp3) is 0.583. The third-order valence-electron chi connectivity index (χ3n) is 3.28. The number of nitrogens with zero attached hydrogens (tertiary/aromatic N) is 1. The van der Waals surface area contributed by atoms with Crippen molar-refractivity contribution in [2.45, 2.75) is 12.6 Å². The fourth-order valence-corrected chi connectivity index (χ4v) is 2.14. The minimum absolute atomic E-state index is 0.0212. The highest BCUT2D eigenvalue weighted by Crippen LogP contribution is 2.49. The molecule has 1 aliphatic carbocycles. The van der Waals surface area contributed by atoms with Crippen LogP contribution in [0.5, 0.6) is 0 Å². The predicted octanol–water partition coefficient (Wildman–Crippen LogP) is -0.944. The van der Waals surface area contributed by atoms with Crippen molar-refractivity contribution in [1.29, 1.82) is 0 Å². The number of carbonyl (C=O) groups excluding carboxylic acids is 3. The van der Waals surface area contributed by atoms with Gasteiger partial charge in [0.25, 0.3) is 0 Å². The lowest BCUT2D eigenvalue weighted by molar-refractivity contribution is -0.144. The first kappa shape index (κ1) is 13.5. The normalized spacial score (nSPS) is 28.4. The molecule has 0 aromatic heterocycles. The molecule has 2 rings (SSSR count). The summed E-state index contributed by atoms with van der Waals surface area (Å²) in [7, 11) is 1.20. The zero-order chi connectivity index (χ0) is 14.0. The zero-order valence-corrected chi connectivity index (χ0v) is 10.4. The number of piperidine rings is 1. The van der Waals surface area contributed by atoms with Crippen LogP contribution in [-0.4, -0.2) is 54.3 Å². The van der Waals surface area contributed by atoms with Crippen molar-refractivity contribution in [3.8, 4) is 0 Å². The number of aliphatic hydroxyl groups is 1. The van der Waals surface area contributed by atoms with E-state index in [2.05, 4.69) is 4.74 Å². The number of esters is 2. The second-order valence-corrected chi connectivity index (χ2v) is 4.48. The highest BCUT2D eigenvalue weighted by atomic mass is 16.5. The molecule has 1 N–H and O–H groups in total. The van der Waals surface area contributed by atoms with E-state index in [1.165, 1.54) is 12.0 Å². The molecule has 2 aliphatic rings. The Labute approximate surface area is 109 Å². The fourth-order valence-electron chi connectivity index (χ4n) is 2.14. The Morgan fingerprint density at radius 3 is 2.68 bits per heavy atom. The predicted molar refractivity (Wildman–Crippen MR) is 61.4 cm³/mol. The molecule has 7 heteroatoms. The number of fused-ring (bicyclic) bond motifs is 1. The first-order chi connectivity index (χ1) is 9.04. The lowest BCUT2D eigenvalue weighted by atomic mass is 10.3. The van der Waals surface area contributed by atoms with Gasteiger partial charge in [-0.2, -0.15) is 0 Å². The lowest BCUT2D eigenvalue weighted by Crippen LogP contribution is -2.39. The molecule has 1 saturated carbocycles. The Morgan fingerprint density at radius 2 is 2.11 bits per heavy atom. The maximum absolute atomic E-state index is 11.6. The molecule has 0 aromatic carbocycles. The summed E-state index contributed by atoms with van der Waals surface area (Å²) in [5.74, 6) is -1.44. The van der Waals surface area contributed by atoms with Crippen molar-refractivity contribution in [3.63, 3.8) is 0 Å². The summed E-state index contributed by atoms with van der Waals surface area (Å²) in [6.45, 7) is 0.136. The van der Waals surface area contributed by atoms with Crippen LogP contribution < -0.4 is 0 Å². The van der Waals surface area contributed by atoms with E-state index >= 15 is 0 Å². The number of aliphatic hydroxyl groups excluding tert-OH is 1. The van der Waals surface area contributed by atoms with Crippen LogP contribution in [0, 0.1) is 11.8 Å². The van der Waals surface area contributed by atoms with Crippen LogP contribution in [0.3, 0.4) is 0 Å². The van der Waals surface area contributed by atoms with E-state index in [1.54, 1.807) is 0 Å². The van der Waals surface area contributed by atoms with Gasteiger partial charge in [-0.25, -0.2) is 9.59 Å². The van der Waals surface area contributed by atoms with Crippen molar-refractivity contribution in [1.82, 2.24) is 4.90 Å². The van der Waals surface area contributed by atoms with Crippen molar-refractivity contribution in [2.75, 3.05) is 20.3 Å². The largest absolute Gasteiger partial charge is 0.466 e. The van der Waals surface area contributed by atoms with Gasteiger partial charge in [-0.05, 0) is 6.42 Å². The van der Waals surface area contributed by atoms with Gasteiger partial charge < -0.3 is 19.5 Å². The maximum Gasteiger partial charge on any atom is 0.331 e. The molecule has 0 bridgehead atoms. The van der Waals surface area contributed by atoms with Gasteiger partial charge in [-0.3, -0.25) is 4.79 Å². The van der Waals surface area contributed by atoms with Crippen LogP contribution in [0.25, 0.3) is 0 Å². The SMILES string of the molecule is COC(=O)/C=C/C(=O)OCCN1C(=O)C2CC2C1O. The Hall–Kier alpha value is -1.89. The van der Waals surface area contributed by atoms with Crippen LogP contribution >= 0.6 is 0 Å². The standard InChI is InChI=1S/C12H15NO6/c1-18-9(14)2-3-10(15)19-5-4-13-11(16)7-6-8(7)12(13)17/h2-3,7-8,11,16H,4-6H2,1H3/b3-2+. The number of carbonyl (C=O) groups is 3. The molecule has 2 fully saturated rings. The molecule has 0 spiro atoms. The maximum atomic E-state index is 11.6. The topological polar surface area (TPSA) is 93.1 Å². The van der Waals surface area contributed by atoms with Gasteiger partial charge in [-0.1, -0.05) is 0 Å². The third-order valence-corrected chi connectivity index (χ3v) is 3.28. The van der Waals surface area contributed by atoms with E-state index in [0.29, 0.717) is 0 Å². The number of ether oxygens (including phenoxy) is 2. The zero-order valence-electron chi connectivity index (χ0n) is 10.4. The number of likely N-dealkylation sites (tertiary alicyclic amines) is 1. The Kier molecular flexibility index (Phi) is 3.84. The smallest absolute Gasteiger partial charge is 0.331 e. The van der Waals surface area contributed by atoms with E-state index in [0.717, 1.165) is 18.6 Å². The lowest BCUT2D eigenvalue weighted by Gasteiger charge is -2.22. The molecule has 1 aliphatic heterocycles. The molecule has 19 heavy (non-hydrogen) atoms. The minimum atomic E-state index is -0.762. The van der Waals surface area contributed by atoms with Gasteiger partial charge in [0.05, 0.1) is 13.7 Å². The van der Waals surface area contributed by atoms with Gasteiger partial charge in [0, 0.05) is 24.0 Å². The Bertz CT molecular complexity index is 432. The molecular weight excluding hydrogens is 254 g/mol. The molecule has 0 radical (unpaired) electrons. The summed E-state index contributed by atoms with van der Waals surface area (Å²) in [4.78, 5) is 34.9. The molecule has 1 heterocycles. The monoisotopic (exact) mass is 269 g/mol. The van der Waals surface area contributed by atoms with Gasteiger partial charge in [0.2, 0.25) is 5.91 Å². The second-order valence-electron chi connectivity index (χ2n) is 4.48. The number of hydrogen-bond donors (Lipinski definition) is 1. The van der Waals surface area contributed by atoms with Crippen molar-refractivity contribution < 1.29 is 29.0 Å². The number of hydrogen-bond acceptors (Lipinski definition) is 6. The summed E-state index contributed by atoms with van der Waals surface area (Å²) in [5.41, 5.74) is 0. The average molecular weight is 269 g/mol. The summed E-state index contributed by atoms with van der Waals surface area (Å²) in [6.07, 6.45) is 1.89.